The van der Waals surface area contributed by atoms with E-state index in [1.807, 2.05) is 0 Å². The second-order valence-electron chi connectivity index (χ2n) is 5.87. The van der Waals surface area contributed by atoms with Crippen molar-refractivity contribution >= 4 is 10.8 Å². The Morgan fingerprint density at radius 2 is 2.06 bits per heavy atom. The van der Waals surface area contributed by atoms with Crippen LogP contribution in [-0.2, 0) is 10.8 Å². The Balaban J connectivity index is 2.73. The number of rotatable bonds is 5. The summed E-state index contributed by atoms with van der Waals surface area (Å²) in [5.41, 5.74) is 0.296. The van der Waals surface area contributed by atoms with Crippen molar-refractivity contribution in [2.45, 2.75) is 70.4 Å². The molecule has 0 spiro atoms. The summed E-state index contributed by atoms with van der Waals surface area (Å²) in [7, 11) is -0.690. The fourth-order valence-electron chi connectivity index (χ4n) is 2.65. The third-order valence-electron chi connectivity index (χ3n) is 3.66. The molecule has 1 aliphatic carbocycles. The van der Waals surface area contributed by atoms with Crippen LogP contribution in [0.1, 0.15) is 53.9 Å². The summed E-state index contributed by atoms with van der Waals surface area (Å²) < 4.78 is 12.3. The first kappa shape index (κ1) is 14.2. The summed E-state index contributed by atoms with van der Waals surface area (Å²) in [5.74, 6) is 0. The van der Waals surface area contributed by atoms with Crippen molar-refractivity contribution in [2.75, 3.05) is 6.54 Å². The zero-order valence-corrected chi connectivity index (χ0v) is 12.2. The summed E-state index contributed by atoms with van der Waals surface area (Å²) >= 11 is 0. The van der Waals surface area contributed by atoms with Crippen LogP contribution in [0, 0.1) is 5.41 Å². The predicted molar refractivity (Wildman–Crippen MR) is 72.2 cm³/mol. The van der Waals surface area contributed by atoms with Gasteiger partial charge in [-0.05, 0) is 31.2 Å². The Kier molecular flexibility index (Phi) is 4.99. The molecule has 1 aliphatic rings. The van der Waals surface area contributed by atoms with Crippen molar-refractivity contribution in [3.63, 3.8) is 0 Å². The molecule has 96 valence electrons. The summed E-state index contributed by atoms with van der Waals surface area (Å²) in [6.07, 6.45) is 3.45. The van der Waals surface area contributed by atoms with Gasteiger partial charge in [-0.3, -0.25) is 4.21 Å². The summed E-state index contributed by atoms with van der Waals surface area (Å²) in [6, 6.07) is 0.427. The SMILES string of the molecule is CCCNC1C(S(=O)C(C)C)CCC1(C)C. The van der Waals surface area contributed by atoms with E-state index < -0.39 is 10.8 Å². The molecule has 0 amide bonds. The molecule has 1 N–H and O–H groups in total. The van der Waals surface area contributed by atoms with Gasteiger partial charge in [-0.15, -0.1) is 0 Å². The van der Waals surface area contributed by atoms with Gasteiger partial charge in [0.25, 0.3) is 0 Å². The molecule has 0 radical (unpaired) electrons. The average molecular weight is 245 g/mol. The number of nitrogens with one attached hydrogen (secondary N) is 1. The molecule has 3 atom stereocenters. The molecular formula is C13H27NOS. The first-order valence-corrected chi connectivity index (χ1v) is 7.80. The quantitative estimate of drug-likeness (QED) is 0.807. The fraction of sp³-hybridized carbons (Fsp3) is 1.00. The molecule has 1 rings (SSSR count). The lowest BCUT2D eigenvalue weighted by Crippen LogP contribution is -2.47. The van der Waals surface area contributed by atoms with Crippen LogP contribution in [0.15, 0.2) is 0 Å². The molecule has 0 aliphatic heterocycles. The van der Waals surface area contributed by atoms with Crippen LogP contribution in [-0.4, -0.2) is 27.3 Å². The van der Waals surface area contributed by atoms with Crippen molar-refractivity contribution in [3.8, 4) is 0 Å². The van der Waals surface area contributed by atoms with Crippen LogP contribution >= 0.6 is 0 Å². The average Bonchev–Trinajstić information content (AvgIpc) is 2.49. The lowest BCUT2D eigenvalue weighted by Gasteiger charge is -2.32. The van der Waals surface area contributed by atoms with E-state index in [0.29, 0.717) is 16.7 Å². The highest BCUT2D eigenvalue weighted by molar-refractivity contribution is 7.86. The first-order valence-electron chi connectivity index (χ1n) is 6.53. The topological polar surface area (TPSA) is 29.1 Å². The molecule has 0 aromatic carbocycles. The van der Waals surface area contributed by atoms with Crippen LogP contribution in [0.25, 0.3) is 0 Å². The highest BCUT2D eigenvalue weighted by Gasteiger charge is 2.44. The summed E-state index contributed by atoms with van der Waals surface area (Å²) in [6.45, 7) is 12.0. The van der Waals surface area contributed by atoms with Crippen molar-refractivity contribution in [1.29, 1.82) is 0 Å². The van der Waals surface area contributed by atoms with Crippen LogP contribution in [0.4, 0.5) is 0 Å². The third kappa shape index (κ3) is 3.07. The predicted octanol–water partition coefficient (Wildman–Crippen LogP) is 2.70. The Morgan fingerprint density at radius 3 is 2.56 bits per heavy atom. The van der Waals surface area contributed by atoms with Crippen LogP contribution in [0.5, 0.6) is 0 Å². The minimum atomic E-state index is -0.690. The van der Waals surface area contributed by atoms with Gasteiger partial charge in [-0.25, -0.2) is 0 Å². The Bertz CT molecular complexity index is 250. The molecule has 16 heavy (non-hydrogen) atoms. The van der Waals surface area contributed by atoms with Gasteiger partial charge >= 0.3 is 0 Å². The first-order chi connectivity index (χ1) is 7.40. The van der Waals surface area contributed by atoms with Crippen molar-refractivity contribution < 1.29 is 4.21 Å². The van der Waals surface area contributed by atoms with Crippen molar-refractivity contribution in [1.82, 2.24) is 5.32 Å². The lowest BCUT2D eigenvalue weighted by molar-refractivity contribution is 0.286. The molecule has 0 saturated heterocycles. The van der Waals surface area contributed by atoms with E-state index in [4.69, 9.17) is 0 Å². The zero-order valence-electron chi connectivity index (χ0n) is 11.4. The highest BCUT2D eigenvalue weighted by Crippen LogP contribution is 2.40. The Hall–Kier alpha value is 0.110. The molecule has 0 heterocycles. The van der Waals surface area contributed by atoms with Gasteiger partial charge in [-0.1, -0.05) is 34.6 Å². The maximum atomic E-state index is 12.3. The minimum Gasteiger partial charge on any atom is -0.312 e. The fourth-order valence-corrected chi connectivity index (χ4v) is 4.43. The smallest absolute Gasteiger partial charge is 0.0509 e. The van der Waals surface area contributed by atoms with Crippen LogP contribution in [0.3, 0.4) is 0 Å². The third-order valence-corrected chi connectivity index (χ3v) is 5.70. The molecule has 0 bridgehead atoms. The van der Waals surface area contributed by atoms with Crippen molar-refractivity contribution in [2.24, 2.45) is 5.41 Å². The number of hydrogen-bond donors (Lipinski definition) is 1. The van der Waals surface area contributed by atoms with Gasteiger partial charge < -0.3 is 5.32 Å². The maximum Gasteiger partial charge on any atom is 0.0509 e. The molecule has 2 nitrogen and oxygen atoms in total. The van der Waals surface area contributed by atoms with Gasteiger partial charge in [0.05, 0.1) is 5.25 Å². The van der Waals surface area contributed by atoms with E-state index in [-0.39, 0.29) is 5.25 Å². The molecule has 1 saturated carbocycles. The maximum absolute atomic E-state index is 12.3. The normalized spacial score (nSPS) is 30.9. The second kappa shape index (κ2) is 5.63. The molecular weight excluding hydrogens is 218 g/mol. The molecule has 3 unspecified atom stereocenters. The van der Waals surface area contributed by atoms with E-state index >= 15 is 0 Å². The zero-order chi connectivity index (χ0) is 12.3. The largest absolute Gasteiger partial charge is 0.312 e. The lowest BCUT2D eigenvalue weighted by atomic mass is 9.87. The standard InChI is InChI=1S/C13H27NOS/c1-6-9-14-12-11(16(15)10(2)3)7-8-13(12,4)5/h10-12,14H,6-9H2,1-5H3. The van der Waals surface area contributed by atoms with E-state index in [2.05, 4.69) is 39.9 Å². The van der Waals surface area contributed by atoms with Gasteiger partial charge in [0.1, 0.15) is 0 Å². The van der Waals surface area contributed by atoms with E-state index in [1.54, 1.807) is 0 Å². The Labute approximate surface area is 103 Å². The Morgan fingerprint density at radius 1 is 1.44 bits per heavy atom. The monoisotopic (exact) mass is 245 g/mol. The van der Waals surface area contributed by atoms with E-state index in [0.717, 1.165) is 19.4 Å². The highest BCUT2D eigenvalue weighted by atomic mass is 32.2. The summed E-state index contributed by atoms with van der Waals surface area (Å²) in [4.78, 5) is 0. The molecule has 1 fully saturated rings. The second-order valence-corrected chi connectivity index (χ2v) is 8.08. The summed E-state index contributed by atoms with van der Waals surface area (Å²) in [5, 5.41) is 4.25. The van der Waals surface area contributed by atoms with E-state index in [1.165, 1.54) is 6.42 Å². The van der Waals surface area contributed by atoms with Crippen molar-refractivity contribution in [3.05, 3.63) is 0 Å². The van der Waals surface area contributed by atoms with Crippen LogP contribution in [0.2, 0.25) is 0 Å². The molecule has 0 aromatic heterocycles. The molecule has 3 heteroatoms. The number of hydrogen-bond acceptors (Lipinski definition) is 2. The van der Waals surface area contributed by atoms with Gasteiger partial charge in [0.2, 0.25) is 0 Å². The van der Waals surface area contributed by atoms with Crippen LogP contribution < -0.4 is 5.32 Å². The van der Waals surface area contributed by atoms with Gasteiger partial charge in [-0.2, -0.15) is 0 Å². The minimum absolute atomic E-state index is 0.282. The van der Waals surface area contributed by atoms with Gasteiger partial charge in [0.15, 0.2) is 0 Å². The molecule has 0 aromatic rings. The van der Waals surface area contributed by atoms with E-state index in [9.17, 15) is 4.21 Å². The van der Waals surface area contributed by atoms with Gasteiger partial charge in [0, 0.05) is 22.1 Å².